The van der Waals surface area contributed by atoms with Crippen LogP contribution in [-0.4, -0.2) is 46.2 Å². The molecule has 0 fully saturated rings. The Labute approximate surface area is 100.0 Å². The predicted octanol–water partition coefficient (Wildman–Crippen LogP) is 0.354. The summed E-state index contributed by atoms with van der Waals surface area (Å²) in [6, 6.07) is 8.30. The van der Waals surface area contributed by atoms with Crippen molar-refractivity contribution in [3.05, 3.63) is 35.9 Å². The third-order valence-electron chi connectivity index (χ3n) is 2.17. The molecule has 0 aliphatic carbocycles. The maximum atomic E-state index is 10.2. The van der Waals surface area contributed by atoms with Crippen LogP contribution in [0.5, 0.6) is 0 Å². The zero-order chi connectivity index (χ0) is 13.3. The minimum atomic E-state index is -0.879. The maximum Gasteiger partial charge on any atom is 0.335 e. The lowest BCUT2D eigenvalue weighted by Crippen LogP contribution is -2.29. The molecule has 5 nitrogen and oxygen atoms in total. The highest BCUT2D eigenvalue weighted by Gasteiger charge is 2.20. The monoisotopic (exact) mass is 242 g/mol. The van der Waals surface area contributed by atoms with Crippen LogP contribution >= 0.6 is 0 Å². The molecule has 0 amide bonds. The molecule has 1 aromatic carbocycles. The SMILES string of the molecule is CC(CO)(CO)CO.O=C(O)c1ccccc1. The number of carboxylic acids is 1. The maximum absolute atomic E-state index is 10.2. The quantitative estimate of drug-likeness (QED) is 0.611. The number of aromatic carboxylic acids is 1. The summed E-state index contributed by atoms with van der Waals surface area (Å²) in [6.45, 7) is 1.06. The van der Waals surface area contributed by atoms with Gasteiger partial charge >= 0.3 is 5.97 Å². The lowest BCUT2D eigenvalue weighted by molar-refractivity contribution is 0.0200. The number of aliphatic hydroxyl groups is 3. The van der Waals surface area contributed by atoms with E-state index < -0.39 is 11.4 Å². The minimum absolute atomic E-state index is 0.181. The number of benzene rings is 1. The van der Waals surface area contributed by atoms with E-state index in [0.29, 0.717) is 5.56 Å². The molecule has 0 spiro atoms. The second kappa shape index (κ2) is 7.78. The van der Waals surface area contributed by atoms with Crippen LogP contribution in [0.2, 0.25) is 0 Å². The molecule has 5 heteroatoms. The van der Waals surface area contributed by atoms with E-state index in [1.807, 2.05) is 0 Å². The fourth-order valence-electron chi connectivity index (χ4n) is 0.731. The van der Waals surface area contributed by atoms with Gasteiger partial charge in [-0.2, -0.15) is 0 Å². The van der Waals surface area contributed by atoms with Gasteiger partial charge < -0.3 is 20.4 Å². The molecule has 1 rings (SSSR count). The van der Waals surface area contributed by atoms with E-state index in [9.17, 15) is 4.79 Å². The largest absolute Gasteiger partial charge is 0.478 e. The van der Waals surface area contributed by atoms with E-state index in [-0.39, 0.29) is 19.8 Å². The highest BCUT2D eigenvalue weighted by molar-refractivity contribution is 5.87. The Morgan fingerprint density at radius 2 is 1.47 bits per heavy atom. The summed E-state index contributed by atoms with van der Waals surface area (Å²) in [5, 5.41) is 33.8. The highest BCUT2D eigenvalue weighted by Crippen LogP contribution is 2.10. The Bertz CT molecular complexity index is 311. The Kier molecular flexibility index (Phi) is 7.13. The first-order valence-corrected chi connectivity index (χ1v) is 5.10. The minimum Gasteiger partial charge on any atom is -0.478 e. The first-order valence-electron chi connectivity index (χ1n) is 5.10. The zero-order valence-electron chi connectivity index (χ0n) is 9.71. The van der Waals surface area contributed by atoms with Crippen molar-refractivity contribution in [2.75, 3.05) is 19.8 Å². The third-order valence-corrected chi connectivity index (χ3v) is 2.17. The highest BCUT2D eigenvalue weighted by atomic mass is 16.4. The molecule has 0 bridgehead atoms. The Hall–Kier alpha value is -1.43. The van der Waals surface area contributed by atoms with Crippen LogP contribution in [0.25, 0.3) is 0 Å². The van der Waals surface area contributed by atoms with Gasteiger partial charge in [-0.15, -0.1) is 0 Å². The van der Waals surface area contributed by atoms with Crippen LogP contribution in [0.15, 0.2) is 30.3 Å². The lowest BCUT2D eigenvalue weighted by atomic mass is 9.95. The van der Waals surface area contributed by atoms with Crippen LogP contribution in [0, 0.1) is 5.41 Å². The first kappa shape index (κ1) is 15.6. The number of hydrogen-bond donors (Lipinski definition) is 4. The van der Waals surface area contributed by atoms with Crippen LogP contribution in [0.3, 0.4) is 0 Å². The number of hydrogen-bond acceptors (Lipinski definition) is 4. The van der Waals surface area contributed by atoms with Crippen molar-refractivity contribution < 1.29 is 25.2 Å². The molecule has 0 aliphatic rings. The summed E-state index contributed by atoms with van der Waals surface area (Å²) in [5.74, 6) is -0.879. The molecule has 0 radical (unpaired) electrons. The second-order valence-corrected chi connectivity index (χ2v) is 3.96. The fourth-order valence-corrected chi connectivity index (χ4v) is 0.731. The van der Waals surface area contributed by atoms with Gasteiger partial charge in [-0.05, 0) is 12.1 Å². The number of rotatable bonds is 4. The van der Waals surface area contributed by atoms with Gasteiger partial charge in [0.05, 0.1) is 25.4 Å². The summed E-state index contributed by atoms with van der Waals surface area (Å²) in [4.78, 5) is 10.2. The normalized spacial score (nSPS) is 10.4. The molecular formula is C12H18O5. The van der Waals surface area contributed by atoms with Gasteiger partial charge in [0.25, 0.3) is 0 Å². The Morgan fingerprint density at radius 3 is 1.65 bits per heavy atom. The molecule has 17 heavy (non-hydrogen) atoms. The molecule has 0 aromatic heterocycles. The molecule has 0 unspecified atom stereocenters. The zero-order valence-corrected chi connectivity index (χ0v) is 9.71. The molecule has 0 atom stereocenters. The number of carbonyl (C=O) groups is 1. The van der Waals surface area contributed by atoms with Gasteiger partial charge in [-0.25, -0.2) is 4.79 Å². The van der Waals surface area contributed by atoms with E-state index in [1.165, 1.54) is 0 Å². The summed E-state index contributed by atoms with van der Waals surface area (Å²) in [7, 11) is 0. The number of aliphatic hydroxyl groups excluding tert-OH is 3. The van der Waals surface area contributed by atoms with Gasteiger partial charge in [-0.1, -0.05) is 25.1 Å². The molecule has 0 aliphatic heterocycles. The summed E-state index contributed by atoms with van der Waals surface area (Å²) in [5.41, 5.74) is -0.377. The van der Waals surface area contributed by atoms with Crippen molar-refractivity contribution in [1.82, 2.24) is 0 Å². The molecule has 4 N–H and O–H groups in total. The van der Waals surface area contributed by atoms with Crippen molar-refractivity contribution in [1.29, 1.82) is 0 Å². The van der Waals surface area contributed by atoms with E-state index >= 15 is 0 Å². The standard InChI is InChI=1S/C7H6O2.C5H12O3/c8-7(9)6-4-2-1-3-5-6;1-5(2-6,3-7)4-8/h1-5H,(H,8,9);6-8H,2-4H2,1H3. The van der Waals surface area contributed by atoms with Gasteiger partial charge in [-0.3, -0.25) is 0 Å². The van der Waals surface area contributed by atoms with Crippen molar-refractivity contribution in [3.8, 4) is 0 Å². The van der Waals surface area contributed by atoms with Crippen molar-refractivity contribution in [2.24, 2.45) is 5.41 Å². The van der Waals surface area contributed by atoms with Gasteiger partial charge in [0.15, 0.2) is 0 Å². The van der Waals surface area contributed by atoms with Crippen LogP contribution in [0.4, 0.5) is 0 Å². The smallest absolute Gasteiger partial charge is 0.335 e. The summed E-state index contributed by atoms with van der Waals surface area (Å²) < 4.78 is 0. The molecule has 0 heterocycles. The molecule has 0 saturated carbocycles. The Morgan fingerprint density at radius 1 is 1.06 bits per heavy atom. The van der Waals surface area contributed by atoms with Gasteiger partial charge in [0.2, 0.25) is 0 Å². The van der Waals surface area contributed by atoms with Crippen LogP contribution in [-0.2, 0) is 0 Å². The fraction of sp³-hybridized carbons (Fsp3) is 0.417. The van der Waals surface area contributed by atoms with Gasteiger partial charge in [0.1, 0.15) is 0 Å². The molecular weight excluding hydrogens is 224 g/mol. The van der Waals surface area contributed by atoms with E-state index in [4.69, 9.17) is 20.4 Å². The Balaban J connectivity index is 0.000000304. The van der Waals surface area contributed by atoms with Crippen molar-refractivity contribution in [3.63, 3.8) is 0 Å². The molecule has 96 valence electrons. The van der Waals surface area contributed by atoms with Gasteiger partial charge in [0, 0.05) is 5.41 Å². The average Bonchev–Trinajstić information content (AvgIpc) is 2.39. The second-order valence-electron chi connectivity index (χ2n) is 3.96. The van der Waals surface area contributed by atoms with Crippen molar-refractivity contribution in [2.45, 2.75) is 6.92 Å². The van der Waals surface area contributed by atoms with Crippen molar-refractivity contribution >= 4 is 5.97 Å². The molecule has 0 saturated heterocycles. The van der Waals surface area contributed by atoms with E-state index in [0.717, 1.165) is 0 Å². The van der Waals surface area contributed by atoms with Crippen LogP contribution < -0.4 is 0 Å². The van der Waals surface area contributed by atoms with Crippen LogP contribution in [0.1, 0.15) is 17.3 Å². The topological polar surface area (TPSA) is 98.0 Å². The lowest BCUT2D eigenvalue weighted by Gasteiger charge is -2.20. The molecule has 1 aromatic rings. The average molecular weight is 242 g/mol. The predicted molar refractivity (Wildman–Crippen MR) is 62.8 cm³/mol. The summed E-state index contributed by atoms with van der Waals surface area (Å²) in [6.07, 6.45) is 0. The first-order chi connectivity index (χ1) is 7.99. The van der Waals surface area contributed by atoms with E-state index in [2.05, 4.69) is 0 Å². The van der Waals surface area contributed by atoms with E-state index in [1.54, 1.807) is 37.3 Å². The number of carboxylic acid groups (broad SMARTS) is 1. The summed E-state index contributed by atoms with van der Waals surface area (Å²) >= 11 is 0. The third kappa shape index (κ3) is 6.01.